The van der Waals surface area contributed by atoms with Gasteiger partial charge < -0.3 is 11.5 Å². The molecule has 0 fully saturated rings. The molecule has 0 rings (SSSR count). The molecule has 0 aliphatic heterocycles. The number of primary amides is 2. The smallest absolute Gasteiger partial charge is 0.246 e. The Hall–Kier alpha value is -1.46. The highest BCUT2D eigenvalue weighted by Crippen LogP contribution is 2.21. The Morgan fingerprint density at radius 2 is 1.19 bits per heavy atom. The van der Waals surface area contributed by atoms with Crippen LogP contribution in [-0.4, -0.2) is 22.9 Å². The van der Waals surface area contributed by atoms with Gasteiger partial charge in [0.25, 0.3) is 0 Å². The third kappa shape index (κ3) is 3.01. The Balaban J connectivity index is 5.07. The highest BCUT2D eigenvalue weighted by molar-refractivity contribution is 5.85. The maximum atomic E-state index is 11.2. The quantitative estimate of drug-likeness (QED) is 0.653. The molecular formula is C10H20N4O2. The maximum Gasteiger partial charge on any atom is 0.246 e. The lowest BCUT2D eigenvalue weighted by Gasteiger charge is -2.22. The van der Waals surface area contributed by atoms with Crippen molar-refractivity contribution in [2.24, 2.45) is 21.7 Å². The van der Waals surface area contributed by atoms with Crippen LogP contribution in [0.4, 0.5) is 0 Å². The minimum Gasteiger partial charge on any atom is -0.368 e. The molecule has 0 saturated heterocycles. The molecule has 16 heavy (non-hydrogen) atoms. The van der Waals surface area contributed by atoms with E-state index >= 15 is 0 Å². The van der Waals surface area contributed by atoms with Gasteiger partial charge in [-0.25, -0.2) is 0 Å². The second-order valence-electron chi connectivity index (χ2n) is 4.18. The molecule has 0 heterocycles. The number of hydrogen-bond acceptors (Lipinski definition) is 4. The maximum absolute atomic E-state index is 11.2. The van der Waals surface area contributed by atoms with Gasteiger partial charge in [-0.2, -0.15) is 10.2 Å². The highest BCUT2D eigenvalue weighted by atomic mass is 16.2. The molecule has 0 saturated carbocycles. The lowest BCUT2D eigenvalue weighted by atomic mass is 9.98. The Labute approximate surface area is 95.5 Å². The molecule has 4 N–H and O–H groups in total. The molecule has 2 atom stereocenters. The minimum absolute atomic E-state index is 0.421. The number of carbonyl (C=O) groups excluding carboxylic acids is 2. The molecule has 0 bridgehead atoms. The Kier molecular flexibility index (Phi) is 4.59. The molecule has 0 aliphatic carbocycles. The van der Waals surface area contributed by atoms with Gasteiger partial charge in [0, 0.05) is 0 Å². The summed E-state index contributed by atoms with van der Waals surface area (Å²) in [4.78, 5) is 22.4. The lowest BCUT2D eigenvalue weighted by Crippen LogP contribution is -2.42. The van der Waals surface area contributed by atoms with Crippen molar-refractivity contribution in [3.05, 3.63) is 0 Å². The summed E-state index contributed by atoms with van der Waals surface area (Å²) < 4.78 is 0. The van der Waals surface area contributed by atoms with Crippen LogP contribution in [0.1, 0.15) is 40.5 Å². The molecular weight excluding hydrogens is 208 g/mol. The zero-order valence-electron chi connectivity index (χ0n) is 10.3. The average molecular weight is 228 g/mol. The van der Waals surface area contributed by atoms with Crippen molar-refractivity contribution in [2.45, 2.75) is 51.6 Å². The molecule has 2 unspecified atom stereocenters. The van der Waals surface area contributed by atoms with E-state index in [9.17, 15) is 9.59 Å². The first-order valence-corrected chi connectivity index (χ1v) is 5.25. The summed E-state index contributed by atoms with van der Waals surface area (Å²) in [5.74, 6) is -1.14. The van der Waals surface area contributed by atoms with Crippen molar-refractivity contribution in [1.82, 2.24) is 0 Å². The van der Waals surface area contributed by atoms with Crippen LogP contribution >= 0.6 is 0 Å². The Bertz CT molecular complexity index is 286. The summed E-state index contributed by atoms with van der Waals surface area (Å²) in [6.07, 6.45) is 0.842. The average Bonchev–Trinajstić information content (AvgIpc) is 2.24. The fourth-order valence-corrected chi connectivity index (χ4v) is 0.809. The van der Waals surface area contributed by atoms with Gasteiger partial charge in [-0.1, -0.05) is 13.8 Å². The first-order valence-electron chi connectivity index (χ1n) is 5.25. The standard InChI is InChI=1S/C10H20N4O2/c1-5-9(3,7(11)15)13-14-10(4,6-2)8(12)16/h5-6H2,1-4H3,(H2,11,15)(H2,12,16)/b14-13+. The van der Waals surface area contributed by atoms with Crippen LogP contribution in [0.2, 0.25) is 0 Å². The van der Waals surface area contributed by atoms with Crippen molar-refractivity contribution in [2.75, 3.05) is 0 Å². The van der Waals surface area contributed by atoms with E-state index in [2.05, 4.69) is 10.2 Å². The number of azo groups is 1. The van der Waals surface area contributed by atoms with Crippen molar-refractivity contribution in [1.29, 1.82) is 0 Å². The number of nitrogens with zero attached hydrogens (tertiary/aromatic N) is 2. The summed E-state index contributed by atoms with van der Waals surface area (Å²) in [5, 5.41) is 7.77. The van der Waals surface area contributed by atoms with Gasteiger partial charge in [0.1, 0.15) is 0 Å². The predicted octanol–water partition coefficient (Wildman–Crippen LogP) is 0.747. The van der Waals surface area contributed by atoms with Crippen molar-refractivity contribution in [3.8, 4) is 0 Å². The van der Waals surface area contributed by atoms with E-state index in [0.29, 0.717) is 12.8 Å². The van der Waals surface area contributed by atoms with E-state index in [4.69, 9.17) is 11.5 Å². The van der Waals surface area contributed by atoms with Crippen LogP contribution in [0.25, 0.3) is 0 Å². The fraction of sp³-hybridized carbons (Fsp3) is 0.800. The molecule has 0 aliphatic rings. The summed E-state index contributed by atoms with van der Waals surface area (Å²) in [5.41, 5.74) is 8.28. The molecule has 0 radical (unpaired) electrons. The Morgan fingerprint density at radius 1 is 0.938 bits per heavy atom. The van der Waals surface area contributed by atoms with Gasteiger partial charge in [0.2, 0.25) is 11.8 Å². The number of hydrogen-bond donors (Lipinski definition) is 2. The normalized spacial score (nSPS) is 19.0. The summed E-state index contributed by atoms with van der Waals surface area (Å²) in [6.45, 7) is 6.71. The van der Waals surface area contributed by atoms with Crippen LogP contribution in [0.5, 0.6) is 0 Å². The first kappa shape index (κ1) is 14.5. The second kappa shape index (κ2) is 5.05. The van der Waals surface area contributed by atoms with Crippen molar-refractivity contribution in [3.63, 3.8) is 0 Å². The van der Waals surface area contributed by atoms with Gasteiger partial charge in [-0.15, -0.1) is 0 Å². The van der Waals surface area contributed by atoms with E-state index in [1.54, 1.807) is 27.7 Å². The van der Waals surface area contributed by atoms with Crippen LogP contribution in [0, 0.1) is 0 Å². The van der Waals surface area contributed by atoms with Gasteiger partial charge in [0.05, 0.1) is 0 Å². The Morgan fingerprint density at radius 3 is 1.31 bits per heavy atom. The molecule has 0 spiro atoms. The summed E-state index contributed by atoms with van der Waals surface area (Å²) in [6, 6.07) is 0. The number of rotatable bonds is 6. The van der Waals surface area contributed by atoms with E-state index < -0.39 is 22.9 Å². The number of nitrogens with two attached hydrogens (primary N) is 2. The van der Waals surface area contributed by atoms with Crippen LogP contribution in [0.3, 0.4) is 0 Å². The number of amides is 2. The van der Waals surface area contributed by atoms with Gasteiger partial charge in [0.15, 0.2) is 11.1 Å². The second-order valence-corrected chi connectivity index (χ2v) is 4.18. The highest BCUT2D eigenvalue weighted by Gasteiger charge is 2.33. The zero-order valence-corrected chi connectivity index (χ0v) is 10.3. The molecule has 0 aromatic rings. The van der Waals surface area contributed by atoms with Gasteiger partial charge in [-0.3, -0.25) is 9.59 Å². The zero-order chi connectivity index (χ0) is 13.0. The third-order valence-corrected chi connectivity index (χ3v) is 2.93. The molecule has 0 aromatic carbocycles. The van der Waals surface area contributed by atoms with Gasteiger partial charge in [-0.05, 0) is 26.7 Å². The van der Waals surface area contributed by atoms with E-state index in [-0.39, 0.29) is 0 Å². The molecule has 0 aromatic heterocycles. The fourth-order valence-electron chi connectivity index (χ4n) is 0.809. The van der Waals surface area contributed by atoms with Crippen LogP contribution in [-0.2, 0) is 9.59 Å². The van der Waals surface area contributed by atoms with E-state index in [0.717, 1.165) is 0 Å². The predicted molar refractivity (Wildman–Crippen MR) is 60.6 cm³/mol. The first-order chi connectivity index (χ1) is 7.22. The van der Waals surface area contributed by atoms with Crippen molar-refractivity contribution < 1.29 is 9.59 Å². The summed E-state index contributed by atoms with van der Waals surface area (Å²) in [7, 11) is 0. The minimum atomic E-state index is -1.08. The topological polar surface area (TPSA) is 111 Å². The van der Waals surface area contributed by atoms with Crippen LogP contribution in [0.15, 0.2) is 10.2 Å². The number of carbonyl (C=O) groups is 2. The van der Waals surface area contributed by atoms with Crippen molar-refractivity contribution >= 4 is 11.8 Å². The molecule has 92 valence electrons. The molecule has 6 heteroatoms. The molecule has 2 amide bonds. The SMILES string of the molecule is CCC(C)(/N=N/C(C)(CC)C(N)=O)C(N)=O. The third-order valence-electron chi connectivity index (χ3n) is 2.93. The lowest BCUT2D eigenvalue weighted by molar-refractivity contribution is -0.124. The van der Waals surface area contributed by atoms with E-state index in [1.807, 2.05) is 0 Å². The summed E-state index contributed by atoms with van der Waals surface area (Å²) >= 11 is 0. The largest absolute Gasteiger partial charge is 0.368 e. The van der Waals surface area contributed by atoms with Crippen LogP contribution < -0.4 is 11.5 Å². The monoisotopic (exact) mass is 228 g/mol. The molecule has 6 nitrogen and oxygen atoms in total. The van der Waals surface area contributed by atoms with E-state index in [1.165, 1.54) is 0 Å². The van der Waals surface area contributed by atoms with Gasteiger partial charge >= 0.3 is 0 Å².